The van der Waals surface area contributed by atoms with Crippen molar-refractivity contribution in [1.29, 1.82) is 0 Å². The maximum Gasteiger partial charge on any atom is 0.262 e. The Labute approximate surface area is 177 Å². The first kappa shape index (κ1) is 19.2. The minimum atomic E-state index is -0.321. The topological polar surface area (TPSA) is 83.1 Å². The van der Waals surface area contributed by atoms with E-state index in [0.29, 0.717) is 22.4 Å². The maximum absolute atomic E-state index is 13.3. The lowest BCUT2D eigenvalue weighted by atomic mass is 10.1. The Kier molecular flexibility index (Phi) is 5.05. The highest BCUT2D eigenvalue weighted by Gasteiger charge is 2.14. The predicted molar refractivity (Wildman–Crippen MR) is 118 cm³/mol. The van der Waals surface area contributed by atoms with Crippen molar-refractivity contribution in [3.05, 3.63) is 77.1 Å². The lowest BCUT2D eigenvalue weighted by Crippen LogP contribution is -2.36. The van der Waals surface area contributed by atoms with Gasteiger partial charge in [0.15, 0.2) is 0 Å². The van der Waals surface area contributed by atoms with Crippen molar-refractivity contribution < 1.29 is 9.13 Å². The lowest BCUT2D eigenvalue weighted by Gasteiger charge is -2.28. The van der Waals surface area contributed by atoms with Gasteiger partial charge in [-0.05, 0) is 54.6 Å². The van der Waals surface area contributed by atoms with E-state index in [1.54, 1.807) is 18.2 Å². The molecule has 0 atom stereocenters. The van der Waals surface area contributed by atoms with E-state index in [1.165, 1.54) is 18.5 Å². The van der Waals surface area contributed by atoms with Crippen LogP contribution in [-0.4, -0.2) is 41.3 Å². The summed E-state index contributed by atoms with van der Waals surface area (Å²) < 4.78 is 18.7. The molecule has 0 spiro atoms. The number of halogens is 1. The van der Waals surface area contributed by atoms with Crippen LogP contribution in [0.15, 0.2) is 65.7 Å². The maximum atomic E-state index is 13.3. The molecule has 4 aromatic rings. The largest absolute Gasteiger partial charge is 0.378 e. The number of benzene rings is 2. The molecule has 1 aliphatic rings. The van der Waals surface area contributed by atoms with Crippen molar-refractivity contribution >= 4 is 28.1 Å². The second kappa shape index (κ2) is 8.16. The molecule has 1 fully saturated rings. The van der Waals surface area contributed by atoms with E-state index in [-0.39, 0.29) is 11.4 Å². The summed E-state index contributed by atoms with van der Waals surface area (Å²) in [5.41, 5.74) is 3.46. The van der Waals surface area contributed by atoms with Crippen LogP contribution >= 0.6 is 0 Å². The Balaban J connectivity index is 1.52. The molecule has 2 N–H and O–H groups in total. The molecule has 31 heavy (non-hydrogen) atoms. The SMILES string of the molecule is O=c1[nH]cnc2cc(-c3ccc(F)cc3)nc(Nc3ccc(N4CCOCC4)cc3)c12. The van der Waals surface area contributed by atoms with Crippen LogP contribution in [0.25, 0.3) is 22.2 Å². The highest BCUT2D eigenvalue weighted by Crippen LogP contribution is 2.28. The average Bonchev–Trinajstić information content (AvgIpc) is 2.80. The van der Waals surface area contributed by atoms with Crippen molar-refractivity contribution in [2.45, 2.75) is 0 Å². The smallest absolute Gasteiger partial charge is 0.262 e. The summed E-state index contributed by atoms with van der Waals surface area (Å²) in [7, 11) is 0. The van der Waals surface area contributed by atoms with Gasteiger partial charge in [0.25, 0.3) is 5.56 Å². The van der Waals surface area contributed by atoms with E-state index in [9.17, 15) is 9.18 Å². The number of hydrogen-bond donors (Lipinski definition) is 2. The quantitative estimate of drug-likeness (QED) is 0.527. The van der Waals surface area contributed by atoms with Gasteiger partial charge in [0.05, 0.1) is 30.8 Å². The van der Waals surface area contributed by atoms with Crippen molar-refractivity contribution in [3.63, 3.8) is 0 Å². The van der Waals surface area contributed by atoms with Gasteiger partial charge in [0.2, 0.25) is 0 Å². The van der Waals surface area contributed by atoms with E-state index in [4.69, 9.17) is 4.74 Å². The fraction of sp³-hybridized carbons (Fsp3) is 0.174. The Hall–Kier alpha value is -3.78. The Morgan fingerprint density at radius 2 is 1.77 bits per heavy atom. The fourth-order valence-corrected chi connectivity index (χ4v) is 3.66. The molecule has 1 saturated heterocycles. The number of hydrogen-bond acceptors (Lipinski definition) is 6. The number of nitrogens with one attached hydrogen (secondary N) is 2. The number of nitrogens with zero attached hydrogens (tertiary/aromatic N) is 3. The summed E-state index contributed by atoms with van der Waals surface area (Å²) in [6.45, 7) is 3.17. The third kappa shape index (κ3) is 3.97. The minimum absolute atomic E-state index is 0.282. The first-order valence-electron chi connectivity index (χ1n) is 10.0. The second-order valence-corrected chi connectivity index (χ2v) is 7.26. The molecule has 2 aromatic carbocycles. The van der Waals surface area contributed by atoms with Crippen molar-refractivity contribution in [2.75, 3.05) is 36.5 Å². The normalized spacial score (nSPS) is 14.0. The second-order valence-electron chi connectivity index (χ2n) is 7.26. The number of fused-ring (bicyclic) bond motifs is 1. The van der Waals surface area contributed by atoms with Crippen LogP contribution in [0.3, 0.4) is 0 Å². The van der Waals surface area contributed by atoms with Gasteiger partial charge in [-0.15, -0.1) is 0 Å². The van der Waals surface area contributed by atoms with Crippen LogP contribution in [0.2, 0.25) is 0 Å². The van der Waals surface area contributed by atoms with Crippen LogP contribution in [0.1, 0.15) is 0 Å². The van der Waals surface area contributed by atoms with Crippen LogP contribution in [0, 0.1) is 5.82 Å². The monoisotopic (exact) mass is 417 g/mol. The molecule has 0 amide bonds. The van der Waals surface area contributed by atoms with Gasteiger partial charge in [-0.2, -0.15) is 0 Å². The minimum Gasteiger partial charge on any atom is -0.378 e. The molecular weight excluding hydrogens is 397 g/mol. The Morgan fingerprint density at radius 1 is 1.03 bits per heavy atom. The first-order valence-corrected chi connectivity index (χ1v) is 10.0. The van der Waals surface area contributed by atoms with Gasteiger partial charge in [-0.1, -0.05) is 0 Å². The molecule has 0 bridgehead atoms. The Bertz CT molecular complexity index is 1270. The van der Waals surface area contributed by atoms with Gasteiger partial charge >= 0.3 is 0 Å². The molecule has 156 valence electrons. The van der Waals surface area contributed by atoms with Crippen LogP contribution in [0.5, 0.6) is 0 Å². The zero-order chi connectivity index (χ0) is 21.2. The summed E-state index contributed by atoms with van der Waals surface area (Å²) in [5.74, 6) is 0.0723. The molecule has 0 unspecified atom stereocenters. The molecule has 1 aliphatic heterocycles. The van der Waals surface area contributed by atoms with Gasteiger partial charge in [-0.25, -0.2) is 14.4 Å². The van der Waals surface area contributed by atoms with Crippen molar-refractivity contribution in [1.82, 2.24) is 15.0 Å². The van der Waals surface area contributed by atoms with Crippen LogP contribution in [-0.2, 0) is 4.74 Å². The zero-order valence-corrected chi connectivity index (χ0v) is 16.6. The van der Waals surface area contributed by atoms with Gasteiger partial charge in [0.1, 0.15) is 17.0 Å². The number of ether oxygens (including phenoxy) is 1. The zero-order valence-electron chi connectivity index (χ0n) is 16.6. The highest BCUT2D eigenvalue weighted by atomic mass is 19.1. The lowest BCUT2D eigenvalue weighted by molar-refractivity contribution is 0.122. The van der Waals surface area contributed by atoms with Crippen LogP contribution < -0.4 is 15.8 Å². The molecule has 5 rings (SSSR count). The Morgan fingerprint density at radius 3 is 2.52 bits per heavy atom. The van der Waals surface area contributed by atoms with Crippen molar-refractivity contribution in [3.8, 4) is 11.3 Å². The number of morpholine rings is 1. The predicted octanol–water partition coefficient (Wildman–Crippen LogP) is 3.70. The number of aromatic nitrogens is 3. The van der Waals surface area contributed by atoms with E-state index in [2.05, 4.69) is 25.2 Å². The third-order valence-electron chi connectivity index (χ3n) is 5.27. The van der Waals surface area contributed by atoms with E-state index in [1.807, 2.05) is 24.3 Å². The molecule has 3 heterocycles. The first-order chi connectivity index (χ1) is 15.2. The molecule has 0 saturated carbocycles. The molecule has 8 heteroatoms. The summed E-state index contributed by atoms with van der Waals surface area (Å²) in [6, 6.07) is 15.7. The van der Waals surface area contributed by atoms with E-state index < -0.39 is 0 Å². The number of aromatic amines is 1. The molecular formula is C23H20FN5O2. The number of rotatable bonds is 4. The number of H-pyrrole nitrogens is 1. The van der Waals surface area contributed by atoms with Crippen LogP contribution in [0.4, 0.5) is 21.6 Å². The summed E-state index contributed by atoms with van der Waals surface area (Å²) in [6.07, 6.45) is 1.36. The van der Waals surface area contributed by atoms with Gasteiger partial charge in [0, 0.05) is 30.0 Å². The summed E-state index contributed by atoms with van der Waals surface area (Å²) >= 11 is 0. The van der Waals surface area contributed by atoms with Gasteiger partial charge < -0.3 is 19.9 Å². The average molecular weight is 417 g/mol. The van der Waals surface area contributed by atoms with E-state index >= 15 is 0 Å². The number of pyridine rings is 1. The third-order valence-corrected chi connectivity index (χ3v) is 5.27. The van der Waals surface area contributed by atoms with Crippen molar-refractivity contribution in [2.24, 2.45) is 0 Å². The standard InChI is InChI=1S/C23H20FN5O2/c24-16-3-1-15(2-4-16)19-13-20-21(23(30)26-14-25-20)22(28-19)27-17-5-7-18(8-6-17)29-9-11-31-12-10-29/h1-8,13-14H,9-12H2,(H,27,28)(H,25,26,30). The molecule has 2 aromatic heterocycles. The fourth-order valence-electron chi connectivity index (χ4n) is 3.66. The number of anilines is 3. The van der Waals surface area contributed by atoms with Gasteiger partial charge in [-0.3, -0.25) is 4.79 Å². The highest BCUT2D eigenvalue weighted by molar-refractivity contribution is 5.92. The molecule has 0 radical (unpaired) electrons. The molecule has 7 nitrogen and oxygen atoms in total. The summed E-state index contributed by atoms with van der Waals surface area (Å²) in [4.78, 5) is 26.3. The van der Waals surface area contributed by atoms with E-state index in [0.717, 1.165) is 43.2 Å². The summed E-state index contributed by atoms with van der Waals surface area (Å²) in [5, 5.41) is 3.62. The molecule has 0 aliphatic carbocycles.